The molecule has 0 aliphatic heterocycles. The van der Waals surface area contributed by atoms with Crippen LogP contribution in [0.1, 0.15) is 56.0 Å². The van der Waals surface area contributed by atoms with Crippen molar-refractivity contribution in [2.75, 3.05) is 21.3 Å². The van der Waals surface area contributed by atoms with Crippen LogP contribution in [0.25, 0.3) is 16.5 Å². The number of hydrogen-bond donors (Lipinski definition) is 0. The SMILES string of the molecule is COc1c2c(c(OC)c3c(OC)cccc13)C(=O)C1=CCCCC1=C2OC(=O)C(C)(C)C. The fourth-order valence-corrected chi connectivity index (χ4v) is 4.35. The minimum Gasteiger partial charge on any atom is -0.496 e. The Morgan fingerprint density at radius 1 is 0.969 bits per heavy atom. The van der Waals surface area contributed by atoms with Gasteiger partial charge in [0.2, 0.25) is 0 Å². The molecule has 0 bridgehead atoms. The molecule has 0 unspecified atom stereocenters. The van der Waals surface area contributed by atoms with E-state index in [-0.39, 0.29) is 11.8 Å². The van der Waals surface area contributed by atoms with Crippen LogP contribution >= 0.6 is 0 Å². The summed E-state index contributed by atoms with van der Waals surface area (Å²) in [6.07, 6.45) is 4.23. The van der Waals surface area contributed by atoms with Gasteiger partial charge in [-0.2, -0.15) is 0 Å². The summed E-state index contributed by atoms with van der Waals surface area (Å²) < 4.78 is 23.2. The van der Waals surface area contributed by atoms with Crippen molar-refractivity contribution >= 4 is 28.3 Å². The van der Waals surface area contributed by atoms with Gasteiger partial charge < -0.3 is 18.9 Å². The molecule has 6 nitrogen and oxygen atoms in total. The first-order chi connectivity index (χ1) is 15.2. The Morgan fingerprint density at radius 3 is 2.31 bits per heavy atom. The van der Waals surface area contributed by atoms with Gasteiger partial charge in [0.05, 0.1) is 43.3 Å². The van der Waals surface area contributed by atoms with Crippen molar-refractivity contribution in [1.82, 2.24) is 0 Å². The Hall–Kier alpha value is -3.28. The van der Waals surface area contributed by atoms with E-state index in [1.54, 1.807) is 35.0 Å². The monoisotopic (exact) mass is 436 g/mol. The van der Waals surface area contributed by atoms with Crippen molar-refractivity contribution in [3.05, 3.63) is 46.5 Å². The minimum absolute atomic E-state index is 0.159. The van der Waals surface area contributed by atoms with E-state index >= 15 is 0 Å². The zero-order valence-corrected chi connectivity index (χ0v) is 19.4. The highest BCUT2D eigenvalue weighted by atomic mass is 16.5. The fraction of sp³-hybridized carbons (Fsp3) is 0.385. The first kappa shape index (κ1) is 21.9. The predicted octanol–water partition coefficient (Wildman–Crippen LogP) is 5.47. The maximum atomic E-state index is 13.8. The highest BCUT2D eigenvalue weighted by molar-refractivity contribution is 6.24. The van der Waals surface area contributed by atoms with E-state index in [0.717, 1.165) is 18.4 Å². The second kappa shape index (κ2) is 8.01. The first-order valence-electron chi connectivity index (χ1n) is 10.7. The molecule has 6 heteroatoms. The Kier molecular flexibility index (Phi) is 5.49. The maximum absolute atomic E-state index is 13.8. The van der Waals surface area contributed by atoms with Crippen molar-refractivity contribution in [2.45, 2.75) is 40.0 Å². The number of Topliss-reactive ketones (excluding diaryl/α,β-unsaturated/α-hetero) is 1. The van der Waals surface area contributed by atoms with Gasteiger partial charge in [0.1, 0.15) is 23.0 Å². The number of hydrogen-bond acceptors (Lipinski definition) is 6. The van der Waals surface area contributed by atoms with Gasteiger partial charge in [0, 0.05) is 16.5 Å². The van der Waals surface area contributed by atoms with Gasteiger partial charge in [-0.3, -0.25) is 9.59 Å². The smallest absolute Gasteiger partial charge is 0.316 e. The van der Waals surface area contributed by atoms with Gasteiger partial charge in [-0.25, -0.2) is 0 Å². The highest BCUT2D eigenvalue weighted by Gasteiger charge is 2.40. The summed E-state index contributed by atoms with van der Waals surface area (Å²) in [5.74, 6) is 1.24. The van der Waals surface area contributed by atoms with Crippen LogP contribution in [-0.4, -0.2) is 33.1 Å². The van der Waals surface area contributed by atoms with Crippen LogP contribution in [0.3, 0.4) is 0 Å². The molecule has 0 aromatic heterocycles. The second-order valence-corrected chi connectivity index (χ2v) is 8.99. The first-order valence-corrected chi connectivity index (χ1v) is 10.7. The number of rotatable bonds is 4. The Bertz CT molecular complexity index is 1190. The fourth-order valence-electron chi connectivity index (χ4n) is 4.35. The van der Waals surface area contributed by atoms with Gasteiger partial charge in [-0.05, 0) is 46.1 Å². The second-order valence-electron chi connectivity index (χ2n) is 8.99. The third-order valence-electron chi connectivity index (χ3n) is 5.91. The third-order valence-corrected chi connectivity index (χ3v) is 5.91. The summed E-state index contributed by atoms with van der Waals surface area (Å²) in [5, 5.41) is 1.35. The molecule has 0 radical (unpaired) electrons. The van der Waals surface area contributed by atoms with Crippen LogP contribution in [0.2, 0.25) is 0 Å². The van der Waals surface area contributed by atoms with E-state index in [4.69, 9.17) is 18.9 Å². The maximum Gasteiger partial charge on any atom is 0.316 e. The molecular formula is C26H28O6. The summed E-state index contributed by atoms with van der Waals surface area (Å²) in [6.45, 7) is 5.41. The molecule has 2 aromatic carbocycles. The lowest BCUT2D eigenvalue weighted by atomic mass is 9.78. The highest BCUT2D eigenvalue weighted by Crippen LogP contribution is 2.52. The molecule has 32 heavy (non-hydrogen) atoms. The molecule has 0 amide bonds. The standard InChI is InChI=1S/C26H28O6/c1-26(2,3)25(28)32-23-15-11-8-7-10-14(15)21(27)19-20(23)22(30-5)16-12-9-13-17(29-4)18(16)24(19)31-6/h9-10,12-13H,7-8,11H2,1-6H3. The van der Waals surface area contributed by atoms with Gasteiger partial charge in [-0.1, -0.05) is 18.2 Å². The van der Waals surface area contributed by atoms with E-state index in [1.165, 1.54) is 7.11 Å². The van der Waals surface area contributed by atoms with Crippen LogP contribution in [0.15, 0.2) is 35.4 Å². The molecule has 168 valence electrons. The summed E-state index contributed by atoms with van der Waals surface area (Å²) in [7, 11) is 4.64. The van der Waals surface area contributed by atoms with Crippen molar-refractivity contribution in [3.8, 4) is 17.2 Å². The number of benzene rings is 2. The summed E-state index contributed by atoms with van der Waals surface area (Å²) in [6, 6.07) is 5.54. The number of esters is 1. The number of ether oxygens (including phenoxy) is 4. The van der Waals surface area contributed by atoms with Crippen molar-refractivity contribution in [3.63, 3.8) is 0 Å². The third kappa shape index (κ3) is 3.25. The average molecular weight is 437 g/mol. The largest absolute Gasteiger partial charge is 0.496 e. The van der Waals surface area contributed by atoms with E-state index in [2.05, 4.69) is 0 Å². The lowest BCUT2D eigenvalue weighted by Crippen LogP contribution is -2.26. The van der Waals surface area contributed by atoms with E-state index < -0.39 is 5.41 Å². The molecular weight excluding hydrogens is 408 g/mol. The number of methoxy groups -OCH3 is 3. The predicted molar refractivity (Wildman–Crippen MR) is 122 cm³/mol. The van der Waals surface area contributed by atoms with Gasteiger partial charge in [0.25, 0.3) is 0 Å². The Morgan fingerprint density at radius 2 is 1.69 bits per heavy atom. The van der Waals surface area contributed by atoms with Gasteiger partial charge in [0.15, 0.2) is 5.78 Å². The van der Waals surface area contributed by atoms with Crippen molar-refractivity contribution in [2.24, 2.45) is 5.41 Å². The molecule has 0 fully saturated rings. The van der Waals surface area contributed by atoms with Gasteiger partial charge in [-0.15, -0.1) is 0 Å². The molecule has 0 N–H and O–H groups in total. The summed E-state index contributed by atoms with van der Waals surface area (Å²) in [4.78, 5) is 26.7. The van der Waals surface area contributed by atoms with Crippen LogP contribution in [0.5, 0.6) is 17.2 Å². The molecule has 0 heterocycles. The Labute approximate surface area is 187 Å². The molecule has 2 aromatic rings. The van der Waals surface area contributed by atoms with Crippen molar-refractivity contribution < 1.29 is 28.5 Å². The normalized spacial score (nSPS) is 15.7. The lowest BCUT2D eigenvalue weighted by molar-refractivity contribution is -0.145. The molecule has 2 aliphatic carbocycles. The number of ketones is 1. The van der Waals surface area contributed by atoms with E-state index in [0.29, 0.717) is 56.9 Å². The van der Waals surface area contributed by atoms with Crippen molar-refractivity contribution in [1.29, 1.82) is 0 Å². The number of allylic oxidation sites excluding steroid dienone is 3. The average Bonchev–Trinajstić information content (AvgIpc) is 2.78. The summed E-state index contributed by atoms with van der Waals surface area (Å²) in [5.41, 5.74) is 1.38. The topological polar surface area (TPSA) is 71.1 Å². The lowest BCUT2D eigenvalue weighted by Gasteiger charge is -2.31. The van der Waals surface area contributed by atoms with Crippen LogP contribution in [0.4, 0.5) is 0 Å². The molecule has 0 saturated heterocycles. The zero-order valence-electron chi connectivity index (χ0n) is 19.4. The Balaban J connectivity index is 2.16. The molecule has 4 rings (SSSR count). The quantitative estimate of drug-likeness (QED) is 0.592. The van der Waals surface area contributed by atoms with Crippen LogP contribution in [-0.2, 0) is 9.53 Å². The number of carbonyl (C=O) groups is 2. The minimum atomic E-state index is -0.717. The molecule has 0 saturated carbocycles. The number of carbonyl (C=O) groups excluding carboxylic acids is 2. The molecule has 0 atom stereocenters. The summed E-state index contributed by atoms with van der Waals surface area (Å²) >= 11 is 0. The number of fused-ring (bicyclic) bond motifs is 3. The van der Waals surface area contributed by atoms with E-state index in [1.807, 2.05) is 24.3 Å². The van der Waals surface area contributed by atoms with Crippen LogP contribution in [0, 0.1) is 5.41 Å². The molecule has 0 spiro atoms. The van der Waals surface area contributed by atoms with Gasteiger partial charge >= 0.3 is 5.97 Å². The van der Waals surface area contributed by atoms with E-state index in [9.17, 15) is 9.59 Å². The zero-order chi connectivity index (χ0) is 23.2. The van der Waals surface area contributed by atoms with Crippen LogP contribution < -0.4 is 14.2 Å². The molecule has 2 aliphatic rings.